The second-order valence-electron chi connectivity index (χ2n) is 8.16. The molecule has 1 aliphatic rings. The number of benzene rings is 1. The van der Waals surface area contributed by atoms with Gasteiger partial charge >= 0.3 is 6.01 Å². The van der Waals surface area contributed by atoms with Crippen molar-refractivity contribution >= 4 is 60.8 Å². The molecule has 3 heterocycles. The van der Waals surface area contributed by atoms with Gasteiger partial charge in [-0.2, -0.15) is 9.97 Å². The molecule has 0 bridgehead atoms. The Labute approximate surface area is 225 Å². The Morgan fingerprint density at radius 1 is 1.13 bits per heavy atom. The van der Waals surface area contributed by atoms with Crippen LogP contribution in [0.15, 0.2) is 45.2 Å². The Bertz CT molecular complexity index is 1660. The number of ether oxygens (including phenoxy) is 2. The van der Waals surface area contributed by atoms with Crippen LogP contribution in [0.3, 0.4) is 0 Å². The number of carbonyl (C=O) groups excluding carboxylic acids is 1. The van der Waals surface area contributed by atoms with E-state index in [1.54, 1.807) is 11.3 Å². The van der Waals surface area contributed by atoms with Crippen LogP contribution in [0.2, 0.25) is 0 Å². The smallest absolute Gasteiger partial charge is 0.321 e. The van der Waals surface area contributed by atoms with Crippen molar-refractivity contribution in [1.82, 2.24) is 19.9 Å². The predicted octanol–water partition coefficient (Wildman–Crippen LogP) is 2.81. The molecule has 0 aliphatic heterocycles. The van der Waals surface area contributed by atoms with Gasteiger partial charge in [-0.25, -0.2) is 13.4 Å². The molecular formula is C23H22N6O6S3. The Morgan fingerprint density at radius 2 is 1.92 bits per heavy atom. The van der Waals surface area contributed by atoms with E-state index in [1.165, 1.54) is 49.4 Å². The monoisotopic (exact) mass is 574 g/mol. The maximum absolute atomic E-state index is 12.8. The molecule has 38 heavy (non-hydrogen) atoms. The molecular weight excluding hydrogens is 552 g/mol. The SMILES string of the molecule is COc1cc(NS(=O)(=O)c2ccc(NC(=O)CSc3nc4sc5c(c4c(=O)[nH]3)CCC5)cc2)nc(OC)n1. The van der Waals surface area contributed by atoms with Gasteiger partial charge in [0.25, 0.3) is 15.6 Å². The van der Waals surface area contributed by atoms with Crippen molar-refractivity contribution in [3.05, 3.63) is 51.1 Å². The molecule has 0 saturated carbocycles. The van der Waals surface area contributed by atoms with Gasteiger partial charge in [-0.05, 0) is 49.1 Å². The van der Waals surface area contributed by atoms with Crippen LogP contribution in [0.1, 0.15) is 16.9 Å². The van der Waals surface area contributed by atoms with Crippen molar-refractivity contribution in [2.45, 2.75) is 29.3 Å². The highest BCUT2D eigenvalue weighted by Gasteiger charge is 2.21. The van der Waals surface area contributed by atoms with Crippen LogP contribution in [-0.2, 0) is 27.7 Å². The molecule has 0 atom stereocenters. The highest BCUT2D eigenvalue weighted by atomic mass is 32.2. The minimum absolute atomic E-state index is 0.0124. The summed E-state index contributed by atoms with van der Waals surface area (Å²) in [6, 6.07) is 6.90. The minimum Gasteiger partial charge on any atom is -0.481 e. The number of amides is 1. The maximum Gasteiger partial charge on any atom is 0.321 e. The van der Waals surface area contributed by atoms with Gasteiger partial charge in [0.2, 0.25) is 11.8 Å². The average Bonchev–Trinajstić information content (AvgIpc) is 3.48. The molecule has 4 aromatic rings. The van der Waals surface area contributed by atoms with Gasteiger partial charge in [-0.1, -0.05) is 11.8 Å². The summed E-state index contributed by atoms with van der Waals surface area (Å²) in [7, 11) is -1.25. The normalized spacial score (nSPS) is 12.8. The third-order valence-corrected chi connectivity index (χ3v) is 9.08. The molecule has 0 spiro atoms. The molecule has 198 valence electrons. The summed E-state index contributed by atoms with van der Waals surface area (Å²) in [4.78, 5) is 42.1. The van der Waals surface area contributed by atoms with Crippen LogP contribution >= 0.6 is 23.1 Å². The van der Waals surface area contributed by atoms with Crippen LogP contribution in [0.5, 0.6) is 11.9 Å². The first kappa shape index (κ1) is 25.9. The molecule has 1 aliphatic carbocycles. The number of aromatic nitrogens is 4. The maximum atomic E-state index is 12.8. The molecule has 0 saturated heterocycles. The molecule has 12 nitrogen and oxygen atoms in total. The van der Waals surface area contributed by atoms with Crippen molar-refractivity contribution in [1.29, 1.82) is 0 Å². The largest absolute Gasteiger partial charge is 0.481 e. The summed E-state index contributed by atoms with van der Waals surface area (Å²) in [5.41, 5.74) is 1.33. The number of hydrogen-bond donors (Lipinski definition) is 3. The fourth-order valence-corrected chi connectivity index (χ4v) is 6.92. The topological polar surface area (TPSA) is 165 Å². The van der Waals surface area contributed by atoms with Gasteiger partial charge in [0.1, 0.15) is 4.83 Å². The van der Waals surface area contributed by atoms with E-state index in [-0.39, 0.29) is 39.8 Å². The van der Waals surface area contributed by atoms with Crippen molar-refractivity contribution in [2.75, 3.05) is 30.0 Å². The summed E-state index contributed by atoms with van der Waals surface area (Å²) < 4.78 is 37.9. The Morgan fingerprint density at radius 3 is 2.66 bits per heavy atom. The fraction of sp³-hybridized carbons (Fsp3) is 0.261. The number of nitrogens with zero attached hydrogens (tertiary/aromatic N) is 3. The molecule has 15 heteroatoms. The average molecular weight is 575 g/mol. The highest BCUT2D eigenvalue weighted by molar-refractivity contribution is 7.99. The van der Waals surface area contributed by atoms with E-state index in [4.69, 9.17) is 9.47 Å². The quantitative estimate of drug-likeness (QED) is 0.200. The molecule has 0 unspecified atom stereocenters. The van der Waals surface area contributed by atoms with Crippen LogP contribution in [0.4, 0.5) is 11.5 Å². The predicted molar refractivity (Wildman–Crippen MR) is 144 cm³/mol. The van der Waals surface area contributed by atoms with E-state index >= 15 is 0 Å². The number of hydrogen-bond acceptors (Lipinski definition) is 11. The third kappa shape index (κ3) is 5.44. The van der Waals surface area contributed by atoms with Crippen molar-refractivity contribution < 1.29 is 22.7 Å². The van der Waals surface area contributed by atoms with E-state index in [2.05, 4.69) is 30.0 Å². The van der Waals surface area contributed by atoms with Crippen LogP contribution in [-0.4, -0.2) is 54.2 Å². The molecule has 5 rings (SSSR count). The number of H-pyrrole nitrogens is 1. The zero-order chi connectivity index (χ0) is 26.9. The zero-order valence-corrected chi connectivity index (χ0v) is 22.7. The van der Waals surface area contributed by atoms with E-state index in [1.807, 2.05) is 0 Å². The number of aryl methyl sites for hydroxylation is 2. The van der Waals surface area contributed by atoms with Crippen molar-refractivity contribution in [2.24, 2.45) is 0 Å². The summed E-state index contributed by atoms with van der Waals surface area (Å²) in [5, 5.41) is 3.75. The Hall–Kier alpha value is -3.69. The molecule has 3 N–H and O–H groups in total. The van der Waals surface area contributed by atoms with Crippen LogP contribution in [0.25, 0.3) is 10.2 Å². The van der Waals surface area contributed by atoms with Crippen LogP contribution < -0.4 is 25.1 Å². The molecule has 0 radical (unpaired) electrons. The van der Waals surface area contributed by atoms with Gasteiger partial charge in [-0.15, -0.1) is 11.3 Å². The van der Waals surface area contributed by atoms with Gasteiger partial charge in [0, 0.05) is 16.6 Å². The first-order valence-electron chi connectivity index (χ1n) is 11.3. The van der Waals surface area contributed by atoms with Gasteiger partial charge < -0.3 is 19.8 Å². The lowest BCUT2D eigenvalue weighted by Gasteiger charge is -2.10. The minimum atomic E-state index is -3.99. The Balaban J connectivity index is 1.21. The molecule has 0 fully saturated rings. The molecule has 1 aromatic carbocycles. The van der Waals surface area contributed by atoms with E-state index in [0.29, 0.717) is 21.1 Å². The first-order valence-corrected chi connectivity index (χ1v) is 14.6. The number of anilines is 2. The lowest BCUT2D eigenvalue weighted by atomic mass is 10.2. The number of thiophene rings is 1. The zero-order valence-electron chi connectivity index (χ0n) is 20.2. The lowest BCUT2D eigenvalue weighted by molar-refractivity contribution is -0.113. The van der Waals surface area contributed by atoms with E-state index < -0.39 is 10.0 Å². The standard InChI is InChI=1S/C23H22N6O6S3/c1-34-18-10-16(25-22(26-18)35-2)29-38(32,33)13-8-6-12(7-9-13)24-17(30)11-36-23-27-20(31)19-14-4-3-5-15(14)37-21(19)28-23/h6-10H,3-5,11H2,1-2H3,(H,24,30)(H,25,26,29)(H,27,28,31). The lowest BCUT2D eigenvalue weighted by Crippen LogP contribution is -2.16. The second kappa shape index (κ2) is 10.6. The number of rotatable bonds is 9. The van der Waals surface area contributed by atoms with Crippen molar-refractivity contribution in [3.8, 4) is 11.9 Å². The van der Waals surface area contributed by atoms with Gasteiger partial charge in [-0.3, -0.25) is 14.3 Å². The van der Waals surface area contributed by atoms with Gasteiger partial charge in [0.05, 0.1) is 30.3 Å². The Kier molecular flexibility index (Phi) is 7.23. The highest BCUT2D eigenvalue weighted by Crippen LogP contribution is 2.35. The first-order chi connectivity index (χ1) is 18.3. The summed E-state index contributed by atoms with van der Waals surface area (Å²) in [6.07, 6.45) is 2.93. The fourth-order valence-electron chi connectivity index (χ4n) is 3.95. The van der Waals surface area contributed by atoms with E-state index in [0.717, 1.165) is 36.6 Å². The number of sulfonamides is 1. The number of thioether (sulfide) groups is 1. The van der Waals surface area contributed by atoms with E-state index in [9.17, 15) is 18.0 Å². The van der Waals surface area contributed by atoms with Gasteiger partial charge in [0.15, 0.2) is 11.0 Å². The number of nitrogens with one attached hydrogen (secondary N) is 3. The molecule has 3 aromatic heterocycles. The summed E-state index contributed by atoms with van der Waals surface area (Å²) in [5.74, 6) is -0.220. The number of carbonyl (C=O) groups is 1. The van der Waals surface area contributed by atoms with Crippen molar-refractivity contribution in [3.63, 3.8) is 0 Å². The summed E-state index contributed by atoms with van der Waals surface area (Å²) in [6.45, 7) is 0. The number of methoxy groups -OCH3 is 2. The number of aromatic amines is 1. The summed E-state index contributed by atoms with van der Waals surface area (Å²) >= 11 is 2.66. The second-order valence-corrected chi connectivity index (χ2v) is 11.9. The van der Waals surface area contributed by atoms with Crippen LogP contribution in [0, 0.1) is 0 Å². The molecule has 1 amide bonds. The number of fused-ring (bicyclic) bond motifs is 3. The third-order valence-electron chi connectivity index (χ3n) is 5.65.